The Morgan fingerprint density at radius 3 is 2.90 bits per heavy atom. The van der Waals surface area contributed by atoms with E-state index in [2.05, 4.69) is 30.5 Å². The molecule has 0 spiro atoms. The molecule has 0 aromatic carbocycles. The van der Waals surface area contributed by atoms with Crippen molar-refractivity contribution in [3.05, 3.63) is 0 Å². The van der Waals surface area contributed by atoms with Gasteiger partial charge in [0.05, 0.1) is 0 Å². The van der Waals surface area contributed by atoms with E-state index in [-0.39, 0.29) is 0 Å². The van der Waals surface area contributed by atoms with Crippen LogP contribution >= 0.6 is 11.8 Å². The number of fused-ring (bicyclic) bond motifs is 1. The normalized spacial score (nSPS) is 39.9. The summed E-state index contributed by atoms with van der Waals surface area (Å²) in [5, 5.41) is 1.01. The molecule has 2 rings (SSSR count). The maximum absolute atomic E-state index is 2.65. The summed E-state index contributed by atoms with van der Waals surface area (Å²) < 4.78 is 0. The van der Waals surface area contributed by atoms with E-state index in [1.54, 1.807) is 0 Å². The van der Waals surface area contributed by atoms with Crippen molar-refractivity contribution in [2.75, 3.05) is 12.3 Å². The molecule has 0 aromatic heterocycles. The van der Waals surface area contributed by atoms with Crippen molar-refractivity contribution in [2.45, 2.75) is 37.6 Å². The molecule has 2 unspecified atom stereocenters. The average molecular weight is 157 g/mol. The average Bonchev–Trinajstić information content (AvgIpc) is 2.63. The predicted molar refractivity (Wildman–Crippen MR) is 46.5 cm³/mol. The largest absolute Gasteiger partial charge is 0.296 e. The molecule has 1 nitrogen and oxygen atoms in total. The first-order valence-corrected chi connectivity index (χ1v) is 5.21. The summed E-state index contributed by atoms with van der Waals surface area (Å²) in [6, 6.07) is 1.73. The van der Waals surface area contributed by atoms with Crippen LogP contribution in [0.2, 0.25) is 0 Å². The minimum Gasteiger partial charge on any atom is -0.296 e. The van der Waals surface area contributed by atoms with Crippen LogP contribution < -0.4 is 0 Å². The second-order valence-electron chi connectivity index (χ2n) is 3.54. The summed E-state index contributed by atoms with van der Waals surface area (Å²) in [4.78, 5) is 2.65. The van der Waals surface area contributed by atoms with Crippen LogP contribution in [-0.2, 0) is 0 Å². The fraction of sp³-hybridized carbons (Fsp3) is 1.00. The summed E-state index contributed by atoms with van der Waals surface area (Å²) in [5.74, 6) is 1.36. The van der Waals surface area contributed by atoms with Crippen LogP contribution in [0.4, 0.5) is 0 Å². The molecule has 2 heteroatoms. The molecular formula is C8H15NS. The topological polar surface area (TPSA) is 3.24 Å². The van der Waals surface area contributed by atoms with Gasteiger partial charge in [0, 0.05) is 29.6 Å². The maximum atomic E-state index is 2.65. The van der Waals surface area contributed by atoms with Crippen molar-refractivity contribution in [3.63, 3.8) is 0 Å². The first kappa shape index (κ1) is 6.99. The third-order valence-corrected chi connectivity index (χ3v) is 3.82. The molecule has 2 atom stereocenters. The molecule has 0 aromatic rings. The number of hydrogen-bond acceptors (Lipinski definition) is 2. The Morgan fingerprint density at radius 1 is 1.50 bits per heavy atom. The number of thioether (sulfide) groups is 1. The fourth-order valence-corrected chi connectivity index (χ4v) is 3.13. The van der Waals surface area contributed by atoms with Gasteiger partial charge in [0.25, 0.3) is 0 Å². The highest BCUT2D eigenvalue weighted by Gasteiger charge is 2.45. The Balaban J connectivity index is 1.96. The van der Waals surface area contributed by atoms with Crippen molar-refractivity contribution in [2.24, 2.45) is 0 Å². The summed E-state index contributed by atoms with van der Waals surface area (Å²) >= 11 is 2.17. The van der Waals surface area contributed by atoms with E-state index < -0.39 is 0 Å². The Hall–Kier alpha value is 0.310. The molecule has 1 saturated heterocycles. The van der Waals surface area contributed by atoms with E-state index in [1.165, 1.54) is 18.7 Å². The van der Waals surface area contributed by atoms with Crippen molar-refractivity contribution in [1.29, 1.82) is 0 Å². The van der Waals surface area contributed by atoms with Crippen molar-refractivity contribution >= 4 is 11.8 Å². The molecule has 2 aliphatic rings. The zero-order valence-corrected chi connectivity index (χ0v) is 7.53. The van der Waals surface area contributed by atoms with Gasteiger partial charge in [-0.2, -0.15) is 11.8 Å². The summed E-state index contributed by atoms with van der Waals surface area (Å²) in [6.07, 6.45) is 1.46. The van der Waals surface area contributed by atoms with Gasteiger partial charge in [0.1, 0.15) is 0 Å². The van der Waals surface area contributed by atoms with Gasteiger partial charge >= 0.3 is 0 Å². The Labute approximate surface area is 67.2 Å². The van der Waals surface area contributed by atoms with E-state index in [1.807, 2.05) is 0 Å². The zero-order valence-electron chi connectivity index (χ0n) is 6.71. The van der Waals surface area contributed by atoms with Crippen molar-refractivity contribution < 1.29 is 0 Å². The number of rotatable bonds is 1. The second-order valence-corrected chi connectivity index (χ2v) is 4.89. The summed E-state index contributed by atoms with van der Waals surface area (Å²) in [6.45, 7) is 5.94. The van der Waals surface area contributed by atoms with Gasteiger partial charge in [-0.05, 0) is 20.3 Å². The predicted octanol–water partition coefficient (Wildman–Crippen LogP) is 1.58. The van der Waals surface area contributed by atoms with Gasteiger partial charge in [0.15, 0.2) is 0 Å². The molecular weight excluding hydrogens is 142 g/mol. The maximum Gasteiger partial charge on any atom is 0.0229 e. The lowest BCUT2D eigenvalue weighted by Gasteiger charge is -2.29. The molecule has 1 heterocycles. The first-order valence-electron chi connectivity index (χ1n) is 4.16. The van der Waals surface area contributed by atoms with Gasteiger partial charge < -0.3 is 0 Å². The van der Waals surface area contributed by atoms with Crippen LogP contribution in [0, 0.1) is 0 Å². The molecule has 0 amide bonds. The van der Waals surface area contributed by atoms with E-state index in [0.29, 0.717) is 0 Å². The molecule has 0 N–H and O–H groups in total. The van der Waals surface area contributed by atoms with Gasteiger partial charge in [0.2, 0.25) is 0 Å². The molecule has 1 aliphatic heterocycles. The van der Waals surface area contributed by atoms with Crippen LogP contribution in [0.25, 0.3) is 0 Å². The Kier molecular flexibility index (Phi) is 1.69. The van der Waals surface area contributed by atoms with Crippen LogP contribution in [0.15, 0.2) is 0 Å². The van der Waals surface area contributed by atoms with Gasteiger partial charge in [-0.1, -0.05) is 0 Å². The smallest absolute Gasteiger partial charge is 0.0229 e. The lowest BCUT2D eigenvalue weighted by molar-refractivity contribution is 0.222. The highest BCUT2D eigenvalue weighted by Crippen LogP contribution is 2.43. The minimum absolute atomic E-state index is 0.774. The molecule has 0 bridgehead atoms. The molecule has 58 valence electrons. The first-order chi connectivity index (χ1) is 4.79. The van der Waals surface area contributed by atoms with Crippen molar-refractivity contribution in [1.82, 2.24) is 4.90 Å². The van der Waals surface area contributed by atoms with Crippen molar-refractivity contribution in [3.8, 4) is 0 Å². The van der Waals surface area contributed by atoms with E-state index >= 15 is 0 Å². The third-order valence-electron chi connectivity index (χ3n) is 2.47. The lowest BCUT2D eigenvalue weighted by Crippen LogP contribution is -2.38. The van der Waals surface area contributed by atoms with E-state index in [0.717, 1.165) is 17.3 Å². The van der Waals surface area contributed by atoms with E-state index in [9.17, 15) is 0 Å². The quantitative estimate of drug-likeness (QED) is 0.568. The highest BCUT2D eigenvalue weighted by molar-refractivity contribution is 8.00. The van der Waals surface area contributed by atoms with Gasteiger partial charge in [-0.3, -0.25) is 4.90 Å². The molecule has 1 aliphatic carbocycles. The number of nitrogens with zero attached hydrogens (tertiary/aromatic N) is 1. The molecule has 2 fully saturated rings. The van der Waals surface area contributed by atoms with Gasteiger partial charge in [-0.15, -0.1) is 0 Å². The van der Waals surface area contributed by atoms with Crippen LogP contribution in [0.5, 0.6) is 0 Å². The standard InChI is InChI=1S/C8H15NS/c1-6(2)9-3-4-10-8-5-7(8)9/h6-8H,3-5H2,1-2H3. The Bertz CT molecular complexity index is 135. The summed E-state index contributed by atoms with van der Waals surface area (Å²) in [7, 11) is 0. The molecule has 0 radical (unpaired) electrons. The lowest BCUT2D eigenvalue weighted by atomic mass is 10.3. The fourth-order valence-electron chi connectivity index (χ4n) is 1.80. The zero-order chi connectivity index (χ0) is 7.14. The molecule has 1 saturated carbocycles. The van der Waals surface area contributed by atoms with Crippen LogP contribution in [0.3, 0.4) is 0 Å². The summed E-state index contributed by atoms with van der Waals surface area (Å²) in [5.41, 5.74) is 0. The van der Waals surface area contributed by atoms with Gasteiger partial charge in [-0.25, -0.2) is 0 Å². The minimum atomic E-state index is 0.774. The third kappa shape index (κ3) is 1.08. The van der Waals surface area contributed by atoms with E-state index in [4.69, 9.17) is 0 Å². The highest BCUT2D eigenvalue weighted by atomic mass is 32.2. The monoisotopic (exact) mass is 157 g/mol. The molecule has 10 heavy (non-hydrogen) atoms. The Morgan fingerprint density at radius 2 is 2.30 bits per heavy atom. The van der Waals surface area contributed by atoms with Crippen LogP contribution in [-0.4, -0.2) is 34.5 Å². The van der Waals surface area contributed by atoms with Crippen LogP contribution in [0.1, 0.15) is 20.3 Å². The SMILES string of the molecule is CC(C)N1CCSC2CC21. The second kappa shape index (κ2) is 2.42. The number of hydrogen-bond donors (Lipinski definition) is 0.